The van der Waals surface area contributed by atoms with Crippen LogP contribution < -0.4 is 0 Å². The molecule has 0 bridgehead atoms. The summed E-state index contributed by atoms with van der Waals surface area (Å²) in [5.41, 5.74) is -0.409. The van der Waals surface area contributed by atoms with E-state index in [9.17, 15) is 0 Å². The van der Waals surface area contributed by atoms with Gasteiger partial charge in [0.1, 0.15) is 0 Å². The molecule has 4 heteroatoms. The van der Waals surface area contributed by atoms with E-state index in [4.69, 9.17) is 9.31 Å². The third kappa shape index (κ3) is 2.27. The molecule has 0 atom stereocenters. The van der Waals surface area contributed by atoms with Crippen molar-refractivity contribution in [1.29, 1.82) is 0 Å². The highest BCUT2D eigenvalue weighted by Crippen LogP contribution is 2.49. The Balaban J connectivity index is 2.10. The zero-order valence-electron chi connectivity index (χ0n) is 12.2. The summed E-state index contributed by atoms with van der Waals surface area (Å²) in [6.07, 6.45) is 2.31. The van der Waals surface area contributed by atoms with Crippen molar-refractivity contribution in [3.8, 4) is 0 Å². The van der Waals surface area contributed by atoms with E-state index in [-0.39, 0.29) is 23.6 Å². The molecule has 98 valence electrons. The van der Waals surface area contributed by atoms with Crippen LogP contribution in [0.2, 0.25) is 5.31 Å². The van der Waals surface area contributed by atoms with Gasteiger partial charge < -0.3 is 14.2 Å². The molecule has 2 fully saturated rings. The van der Waals surface area contributed by atoms with Crippen LogP contribution in [0.3, 0.4) is 0 Å². The van der Waals surface area contributed by atoms with E-state index in [0.717, 1.165) is 25.9 Å². The number of piperidine rings is 1. The molecule has 3 nitrogen and oxygen atoms in total. The first-order valence-corrected chi connectivity index (χ1v) is 6.71. The quantitative estimate of drug-likeness (QED) is 0.656. The zero-order valence-corrected chi connectivity index (χ0v) is 12.2. The number of likely N-dealkylation sites (tertiary alicyclic amines) is 1. The van der Waals surface area contributed by atoms with Gasteiger partial charge in [-0.05, 0) is 60.7 Å². The molecule has 17 heavy (non-hydrogen) atoms. The first kappa shape index (κ1) is 13.4. The highest BCUT2D eigenvalue weighted by molar-refractivity contribution is 6.49. The third-order valence-corrected chi connectivity index (χ3v) is 4.95. The first-order chi connectivity index (χ1) is 7.66. The summed E-state index contributed by atoms with van der Waals surface area (Å²) in [6, 6.07) is 0. The molecule has 0 aromatic carbocycles. The van der Waals surface area contributed by atoms with Crippen LogP contribution in [0.5, 0.6) is 0 Å². The van der Waals surface area contributed by atoms with Crippen LogP contribution in [0.15, 0.2) is 0 Å². The summed E-state index contributed by atoms with van der Waals surface area (Å²) in [4.78, 5) is 2.38. The second-order valence-corrected chi connectivity index (χ2v) is 7.05. The Morgan fingerprint density at radius 1 is 0.882 bits per heavy atom. The van der Waals surface area contributed by atoms with E-state index >= 15 is 0 Å². The highest BCUT2D eigenvalue weighted by atomic mass is 16.7. The predicted octanol–water partition coefficient (Wildman–Crippen LogP) is 2.56. The van der Waals surface area contributed by atoms with Crippen molar-refractivity contribution in [3.63, 3.8) is 0 Å². The molecule has 0 aromatic heterocycles. The van der Waals surface area contributed by atoms with E-state index < -0.39 is 0 Å². The van der Waals surface area contributed by atoms with Gasteiger partial charge in [0.05, 0.1) is 11.2 Å². The van der Waals surface area contributed by atoms with E-state index in [1.165, 1.54) is 0 Å². The van der Waals surface area contributed by atoms with Gasteiger partial charge in [0.2, 0.25) is 0 Å². The van der Waals surface area contributed by atoms with Crippen molar-refractivity contribution in [2.24, 2.45) is 0 Å². The molecule has 0 aromatic rings. The van der Waals surface area contributed by atoms with Gasteiger partial charge in [0.15, 0.2) is 0 Å². The number of rotatable bonds is 1. The van der Waals surface area contributed by atoms with Gasteiger partial charge >= 0.3 is 7.12 Å². The molecule has 0 N–H and O–H groups in total. The Bertz CT molecular complexity index is 280. The van der Waals surface area contributed by atoms with Gasteiger partial charge in [0, 0.05) is 5.31 Å². The summed E-state index contributed by atoms with van der Waals surface area (Å²) in [6.45, 7) is 13.1. The Hall–Kier alpha value is -0.0551. The minimum Gasteiger partial charge on any atom is -0.403 e. The summed E-state index contributed by atoms with van der Waals surface area (Å²) < 4.78 is 12.4. The van der Waals surface area contributed by atoms with Crippen molar-refractivity contribution >= 4 is 7.12 Å². The Morgan fingerprint density at radius 3 is 1.71 bits per heavy atom. The van der Waals surface area contributed by atoms with Gasteiger partial charge in [-0.2, -0.15) is 0 Å². The molecule has 0 aliphatic carbocycles. The SMILES string of the molecule is CN1CCC(C)(B2OC(C)(C)C(C)(C)O2)CC1. The molecule has 2 saturated heterocycles. The third-order valence-electron chi connectivity index (χ3n) is 4.95. The monoisotopic (exact) mass is 239 g/mol. The average Bonchev–Trinajstić information content (AvgIpc) is 2.42. The van der Waals surface area contributed by atoms with E-state index in [2.05, 4.69) is 46.6 Å². The lowest BCUT2D eigenvalue weighted by molar-refractivity contribution is 0.00578. The van der Waals surface area contributed by atoms with Gasteiger partial charge in [-0.25, -0.2) is 0 Å². The molecular weight excluding hydrogens is 213 g/mol. The maximum atomic E-state index is 6.20. The van der Waals surface area contributed by atoms with Crippen LogP contribution in [-0.4, -0.2) is 43.4 Å². The van der Waals surface area contributed by atoms with Gasteiger partial charge in [-0.3, -0.25) is 0 Å². The fraction of sp³-hybridized carbons (Fsp3) is 1.00. The van der Waals surface area contributed by atoms with Crippen LogP contribution in [0.1, 0.15) is 47.5 Å². The highest BCUT2D eigenvalue weighted by Gasteiger charge is 2.57. The number of hydrogen-bond donors (Lipinski definition) is 0. The summed E-state index contributed by atoms with van der Waals surface area (Å²) in [5.74, 6) is 0. The molecule has 0 amide bonds. The van der Waals surface area contributed by atoms with Crippen molar-refractivity contribution in [1.82, 2.24) is 4.90 Å². The fourth-order valence-corrected chi connectivity index (χ4v) is 2.49. The lowest BCUT2D eigenvalue weighted by Gasteiger charge is -2.38. The molecule has 0 unspecified atom stereocenters. The van der Waals surface area contributed by atoms with E-state index in [1.807, 2.05) is 0 Å². The normalized spacial score (nSPS) is 31.8. The summed E-state index contributed by atoms with van der Waals surface area (Å²) in [7, 11) is 2.13. The maximum absolute atomic E-state index is 6.20. The lowest BCUT2D eigenvalue weighted by Crippen LogP contribution is -2.42. The standard InChI is InChI=1S/C13H26BNO2/c1-11(2)12(3,4)17-14(16-11)13(5)7-9-15(6)10-8-13/h7-10H2,1-6H3. The van der Waals surface area contributed by atoms with Crippen molar-refractivity contribution in [2.75, 3.05) is 20.1 Å². The molecule has 2 aliphatic heterocycles. The minimum absolute atomic E-state index is 0.0544. The summed E-state index contributed by atoms with van der Waals surface area (Å²) in [5, 5.41) is 0.164. The Morgan fingerprint density at radius 2 is 1.29 bits per heavy atom. The molecule has 2 rings (SSSR count). The van der Waals surface area contributed by atoms with Crippen LogP contribution in [0, 0.1) is 0 Å². The van der Waals surface area contributed by atoms with Gasteiger partial charge in [-0.1, -0.05) is 6.92 Å². The van der Waals surface area contributed by atoms with Crippen LogP contribution in [0.4, 0.5) is 0 Å². The zero-order chi connectivity index (χ0) is 12.9. The second kappa shape index (κ2) is 3.97. The summed E-state index contributed by atoms with van der Waals surface area (Å²) >= 11 is 0. The van der Waals surface area contributed by atoms with Crippen LogP contribution in [-0.2, 0) is 9.31 Å². The lowest BCUT2D eigenvalue weighted by atomic mass is 9.54. The molecule has 2 aliphatic rings. The maximum Gasteiger partial charge on any atom is 0.464 e. The van der Waals surface area contributed by atoms with E-state index in [0.29, 0.717) is 0 Å². The molecule has 0 saturated carbocycles. The molecule has 2 heterocycles. The topological polar surface area (TPSA) is 21.7 Å². The number of hydrogen-bond acceptors (Lipinski definition) is 3. The van der Waals surface area contributed by atoms with Crippen molar-refractivity contribution in [3.05, 3.63) is 0 Å². The molecular formula is C13H26BNO2. The smallest absolute Gasteiger partial charge is 0.403 e. The predicted molar refractivity (Wildman–Crippen MR) is 71.2 cm³/mol. The van der Waals surface area contributed by atoms with Crippen molar-refractivity contribution < 1.29 is 9.31 Å². The second-order valence-electron chi connectivity index (χ2n) is 7.05. The van der Waals surface area contributed by atoms with Crippen LogP contribution in [0.25, 0.3) is 0 Å². The van der Waals surface area contributed by atoms with Crippen LogP contribution >= 0.6 is 0 Å². The Kier molecular flexibility index (Phi) is 3.13. The van der Waals surface area contributed by atoms with Gasteiger partial charge in [0.25, 0.3) is 0 Å². The van der Waals surface area contributed by atoms with E-state index in [1.54, 1.807) is 0 Å². The van der Waals surface area contributed by atoms with Crippen molar-refractivity contribution in [2.45, 2.75) is 64.0 Å². The number of nitrogens with zero attached hydrogens (tertiary/aromatic N) is 1. The average molecular weight is 239 g/mol. The largest absolute Gasteiger partial charge is 0.464 e. The molecule has 0 spiro atoms. The molecule has 0 radical (unpaired) electrons. The minimum atomic E-state index is -0.204. The first-order valence-electron chi connectivity index (χ1n) is 6.71. The Labute approximate surface area is 106 Å². The van der Waals surface area contributed by atoms with Gasteiger partial charge in [-0.15, -0.1) is 0 Å². The fourth-order valence-electron chi connectivity index (χ4n) is 2.49.